The minimum absolute atomic E-state index is 0.682. The second-order valence-corrected chi connectivity index (χ2v) is 5.61. The normalized spacial score (nSPS) is 18.8. The van der Waals surface area contributed by atoms with Crippen molar-refractivity contribution in [3.63, 3.8) is 0 Å². The van der Waals surface area contributed by atoms with Gasteiger partial charge in [0, 0.05) is 16.2 Å². The SMILES string of the molecule is Brc1ccc(NC2CCCCCCC2)cc1. The molecule has 0 aromatic heterocycles. The van der Waals surface area contributed by atoms with Crippen molar-refractivity contribution in [2.45, 2.75) is 51.0 Å². The van der Waals surface area contributed by atoms with Crippen LogP contribution in [0.15, 0.2) is 28.7 Å². The zero-order valence-corrected chi connectivity index (χ0v) is 11.3. The van der Waals surface area contributed by atoms with Gasteiger partial charge in [0.25, 0.3) is 0 Å². The Bertz CT molecular complexity index is 299. The lowest BCUT2D eigenvalue weighted by Crippen LogP contribution is -2.20. The molecule has 16 heavy (non-hydrogen) atoms. The summed E-state index contributed by atoms with van der Waals surface area (Å²) < 4.78 is 1.15. The highest BCUT2D eigenvalue weighted by Gasteiger charge is 2.10. The van der Waals surface area contributed by atoms with Crippen molar-refractivity contribution in [3.05, 3.63) is 28.7 Å². The fourth-order valence-electron chi connectivity index (χ4n) is 2.38. The lowest BCUT2D eigenvalue weighted by atomic mass is 9.96. The Kier molecular flexibility index (Phi) is 4.70. The second-order valence-electron chi connectivity index (χ2n) is 4.69. The lowest BCUT2D eigenvalue weighted by molar-refractivity contribution is 0.471. The van der Waals surface area contributed by atoms with Gasteiger partial charge in [0.1, 0.15) is 0 Å². The molecule has 0 heterocycles. The number of hydrogen-bond donors (Lipinski definition) is 1. The van der Waals surface area contributed by atoms with Crippen molar-refractivity contribution in [2.75, 3.05) is 5.32 Å². The topological polar surface area (TPSA) is 12.0 Å². The van der Waals surface area contributed by atoms with Crippen molar-refractivity contribution in [2.24, 2.45) is 0 Å². The summed E-state index contributed by atoms with van der Waals surface area (Å²) in [6, 6.07) is 9.20. The number of hydrogen-bond acceptors (Lipinski definition) is 1. The number of anilines is 1. The van der Waals surface area contributed by atoms with E-state index >= 15 is 0 Å². The van der Waals surface area contributed by atoms with Gasteiger partial charge >= 0.3 is 0 Å². The molecule has 2 heteroatoms. The molecular formula is C14H20BrN. The standard InChI is InChI=1S/C14H20BrN/c15-12-8-10-14(11-9-12)16-13-6-4-2-1-3-5-7-13/h8-11,13,16H,1-7H2. The molecule has 0 saturated heterocycles. The molecule has 0 aliphatic heterocycles. The summed E-state index contributed by atoms with van der Waals surface area (Å²) in [6.45, 7) is 0. The third kappa shape index (κ3) is 3.82. The van der Waals surface area contributed by atoms with Crippen molar-refractivity contribution >= 4 is 21.6 Å². The second kappa shape index (κ2) is 6.29. The molecule has 2 rings (SSSR count). The summed E-state index contributed by atoms with van der Waals surface area (Å²) in [7, 11) is 0. The Morgan fingerprint density at radius 3 is 2.06 bits per heavy atom. The van der Waals surface area contributed by atoms with Crippen molar-refractivity contribution in [3.8, 4) is 0 Å². The number of rotatable bonds is 2. The number of benzene rings is 1. The summed E-state index contributed by atoms with van der Waals surface area (Å²) in [6.07, 6.45) is 9.69. The van der Waals surface area contributed by atoms with Gasteiger partial charge in [-0.15, -0.1) is 0 Å². The fourth-order valence-corrected chi connectivity index (χ4v) is 2.65. The average molecular weight is 282 g/mol. The van der Waals surface area contributed by atoms with E-state index in [1.165, 1.54) is 50.6 Å². The minimum atomic E-state index is 0.682. The molecule has 0 amide bonds. The third-order valence-electron chi connectivity index (χ3n) is 3.32. The molecule has 1 N–H and O–H groups in total. The predicted molar refractivity (Wildman–Crippen MR) is 73.9 cm³/mol. The van der Waals surface area contributed by atoms with E-state index in [0.717, 1.165) is 4.47 Å². The molecule has 0 bridgehead atoms. The van der Waals surface area contributed by atoms with E-state index in [0.29, 0.717) is 6.04 Å². The highest BCUT2D eigenvalue weighted by Crippen LogP contribution is 2.21. The van der Waals surface area contributed by atoms with Crippen LogP contribution in [-0.2, 0) is 0 Å². The van der Waals surface area contributed by atoms with Gasteiger partial charge in [0.05, 0.1) is 0 Å². The van der Waals surface area contributed by atoms with E-state index in [4.69, 9.17) is 0 Å². The molecule has 1 aromatic carbocycles. The third-order valence-corrected chi connectivity index (χ3v) is 3.85. The van der Waals surface area contributed by atoms with E-state index in [1.807, 2.05) is 0 Å². The van der Waals surface area contributed by atoms with E-state index in [-0.39, 0.29) is 0 Å². The summed E-state index contributed by atoms with van der Waals surface area (Å²) in [4.78, 5) is 0. The maximum absolute atomic E-state index is 3.66. The zero-order valence-electron chi connectivity index (χ0n) is 9.71. The summed E-state index contributed by atoms with van der Waals surface area (Å²) in [5, 5.41) is 3.66. The van der Waals surface area contributed by atoms with E-state index in [1.54, 1.807) is 0 Å². The predicted octanol–water partition coefficient (Wildman–Crippen LogP) is 4.97. The molecular weight excluding hydrogens is 262 g/mol. The zero-order chi connectivity index (χ0) is 11.2. The molecule has 0 unspecified atom stereocenters. The molecule has 88 valence electrons. The van der Waals surface area contributed by atoms with Crippen LogP contribution in [0.4, 0.5) is 5.69 Å². The quantitative estimate of drug-likeness (QED) is 0.807. The van der Waals surface area contributed by atoms with Crippen LogP contribution in [0.3, 0.4) is 0 Å². The van der Waals surface area contributed by atoms with Gasteiger partial charge in [-0.05, 0) is 37.1 Å². The summed E-state index contributed by atoms with van der Waals surface area (Å²) >= 11 is 3.47. The Morgan fingerprint density at radius 1 is 0.875 bits per heavy atom. The van der Waals surface area contributed by atoms with Crippen molar-refractivity contribution in [1.82, 2.24) is 0 Å². The van der Waals surface area contributed by atoms with Gasteiger partial charge in [0.15, 0.2) is 0 Å². The van der Waals surface area contributed by atoms with Crippen molar-refractivity contribution in [1.29, 1.82) is 0 Å². The Balaban J connectivity index is 1.89. The van der Waals surface area contributed by atoms with Gasteiger partial charge in [0.2, 0.25) is 0 Å². The smallest absolute Gasteiger partial charge is 0.0343 e. The van der Waals surface area contributed by atoms with Crippen LogP contribution in [0.25, 0.3) is 0 Å². The average Bonchev–Trinajstić information content (AvgIpc) is 2.25. The molecule has 1 aliphatic carbocycles. The lowest BCUT2D eigenvalue weighted by Gasteiger charge is -2.22. The van der Waals surface area contributed by atoms with E-state index < -0.39 is 0 Å². The van der Waals surface area contributed by atoms with Gasteiger partial charge < -0.3 is 5.32 Å². The molecule has 0 atom stereocenters. The number of halogens is 1. The number of nitrogens with one attached hydrogen (secondary N) is 1. The Labute approximate surface area is 107 Å². The first kappa shape index (κ1) is 12.0. The van der Waals surface area contributed by atoms with E-state index in [9.17, 15) is 0 Å². The minimum Gasteiger partial charge on any atom is -0.382 e. The monoisotopic (exact) mass is 281 g/mol. The van der Waals surface area contributed by atoms with Crippen LogP contribution in [0.2, 0.25) is 0 Å². The van der Waals surface area contributed by atoms with E-state index in [2.05, 4.69) is 45.5 Å². The first-order valence-electron chi connectivity index (χ1n) is 6.37. The molecule has 1 fully saturated rings. The van der Waals surface area contributed by atoms with Crippen molar-refractivity contribution < 1.29 is 0 Å². The maximum Gasteiger partial charge on any atom is 0.0343 e. The van der Waals surface area contributed by atoms with Crippen LogP contribution in [0.1, 0.15) is 44.9 Å². The Hall–Kier alpha value is -0.500. The first-order valence-corrected chi connectivity index (χ1v) is 7.16. The molecule has 0 radical (unpaired) electrons. The fraction of sp³-hybridized carbons (Fsp3) is 0.571. The largest absolute Gasteiger partial charge is 0.382 e. The first-order chi connectivity index (χ1) is 7.84. The van der Waals surface area contributed by atoms with Crippen LogP contribution in [0.5, 0.6) is 0 Å². The van der Waals surface area contributed by atoms with Crippen LogP contribution < -0.4 is 5.32 Å². The molecule has 1 aromatic rings. The van der Waals surface area contributed by atoms with Gasteiger partial charge in [-0.1, -0.05) is 48.0 Å². The van der Waals surface area contributed by atoms with Gasteiger partial charge in [-0.2, -0.15) is 0 Å². The van der Waals surface area contributed by atoms with Gasteiger partial charge in [-0.3, -0.25) is 0 Å². The molecule has 1 nitrogen and oxygen atoms in total. The summed E-state index contributed by atoms with van der Waals surface area (Å²) in [5.74, 6) is 0. The van der Waals surface area contributed by atoms with Gasteiger partial charge in [-0.25, -0.2) is 0 Å². The van der Waals surface area contributed by atoms with Crippen LogP contribution >= 0.6 is 15.9 Å². The highest BCUT2D eigenvalue weighted by molar-refractivity contribution is 9.10. The molecule has 1 aliphatic rings. The highest BCUT2D eigenvalue weighted by atomic mass is 79.9. The molecule has 0 spiro atoms. The van der Waals surface area contributed by atoms with Crippen LogP contribution in [-0.4, -0.2) is 6.04 Å². The van der Waals surface area contributed by atoms with Crippen LogP contribution in [0, 0.1) is 0 Å². The Morgan fingerprint density at radius 2 is 1.44 bits per heavy atom. The molecule has 1 saturated carbocycles. The summed E-state index contributed by atoms with van der Waals surface area (Å²) in [5.41, 5.74) is 1.26. The maximum atomic E-state index is 3.66.